The highest BCUT2D eigenvalue weighted by molar-refractivity contribution is 7.13. The van der Waals surface area contributed by atoms with Crippen LogP contribution in [0.2, 0.25) is 0 Å². The number of Topliss-reactive ketones (excluding diaryl/α,β-unsaturated/α-hetero) is 1. The number of thiazole rings is 1. The van der Waals surface area contributed by atoms with Gasteiger partial charge in [-0.05, 0) is 43.3 Å². The smallest absolute Gasteiger partial charge is 0.306 e. The number of benzene rings is 2. The lowest BCUT2D eigenvalue weighted by Gasteiger charge is -2.05. The Hall–Kier alpha value is -3.19. The number of methoxy groups -OCH3 is 1. The Kier molecular flexibility index (Phi) is 7.57. The minimum Gasteiger partial charge on any atom is -0.497 e. The van der Waals surface area contributed by atoms with Crippen LogP contribution in [0.3, 0.4) is 0 Å². The molecule has 1 heterocycles. The van der Waals surface area contributed by atoms with Gasteiger partial charge in [0.1, 0.15) is 23.1 Å². The van der Waals surface area contributed by atoms with Crippen molar-refractivity contribution in [2.45, 2.75) is 26.4 Å². The first-order valence-electron chi connectivity index (χ1n) is 9.59. The Morgan fingerprint density at radius 3 is 2.57 bits per heavy atom. The largest absolute Gasteiger partial charge is 0.497 e. The summed E-state index contributed by atoms with van der Waals surface area (Å²) >= 11 is 1.47. The topological polar surface area (TPSA) is 74.7 Å². The van der Waals surface area contributed by atoms with E-state index in [0.717, 1.165) is 16.3 Å². The number of hydrogen-bond acceptors (Lipinski definition) is 7. The number of ether oxygens (including phenoxy) is 3. The summed E-state index contributed by atoms with van der Waals surface area (Å²) in [6.07, 6.45) is 0.123. The number of ketones is 1. The molecule has 0 aliphatic rings. The van der Waals surface area contributed by atoms with Gasteiger partial charge in [0.25, 0.3) is 0 Å². The standard InChI is InChI=1S/C23H23NO5S/c1-3-28-19-9-7-16(8-10-19)21(25)11-12-22(26)29-14-18-15-30-23(24-18)17-5-4-6-20(13-17)27-2/h4-10,13,15H,3,11-12,14H2,1-2H3. The zero-order valence-corrected chi connectivity index (χ0v) is 17.7. The number of nitrogens with zero attached hydrogens (tertiary/aromatic N) is 1. The molecule has 30 heavy (non-hydrogen) atoms. The van der Waals surface area contributed by atoms with Crippen LogP contribution in [0, 0.1) is 0 Å². The summed E-state index contributed by atoms with van der Waals surface area (Å²) in [4.78, 5) is 28.8. The highest BCUT2D eigenvalue weighted by Crippen LogP contribution is 2.27. The third-order valence-electron chi connectivity index (χ3n) is 4.29. The zero-order chi connectivity index (χ0) is 21.3. The Morgan fingerprint density at radius 1 is 1.03 bits per heavy atom. The van der Waals surface area contributed by atoms with Crippen molar-refractivity contribution in [3.05, 3.63) is 65.2 Å². The lowest BCUT2D eigenvalue weighted by molar-refractivity contribution is -0.145. The van der Waals surface area contributed by atoms with Crippen molar-refractivity contribution >= 4 is 23.1 Å². The van der Waals surface area contributed by atoms with Crippen molar-refractivity contribution in [2.75, 3.05) is 13.7 Å². The van der Waals surface area contributed by atoms with Gasteiger partial charge in [0.15, 0.2) is 5.78 Å². The van der Waals surface area contributed by atoms with Gasteiger partial charge in [0, 0.05) is 22.9 Å². The molecule has 3 rings (SSSR count). The van der Waals surface area contributed by atoms with Crippen molar-refractivity contribution < 1.29 is 23.8 Å². The average molecular weight is 426 g/mol. The van der Waals surface area contributed by atoms with Crippen LogP contribution >= 0.6 is 11.3 Å². The maximum absolute atomic E-state index is 12.2. The first-order valence-corrected chi connectivity index (χ1v) is 10.5. The highest BCUT2D eigenvalue weighted by Gasteiger charge is 2.12. The summed E-state index contributed by atoms with van der Waals surface area (Å²) in [5.41, 5.74) is 2.16. The fourth-order valence-electron chi connectivity index (χ4n) is 2.75. The molecule has 0 fully saturated rings. The summed E-state index contributed by atoms with van der Waals surface area (Å²) < 4.78 is 15.9. The van der Waals surface area contributed by atoms with Crippen LogP contribution < -0.4 is 9.47 Å². The quantitative estimate of drug-likeness (QED) is 0.339. The van der Waals surface area contributed by atoms with E-state index in [2.05, 4.69) is 4.98 Å². The molecule has 6 nitrogen and oxygen atoms in total. The molecular weight excluding hydrogens is 402 g/mol. The van der Waals surface area contributed by atoms with Crippen molar-refractivity contribution in [2.24, 2.45) is 0 Å². The van der Waals surface area contributed by atoms with Gasteiger partial charge in [-0.2, -0.15) is 0 Å². The van der Waals surface area contributed by atoms with E-state index in [1.54, 1.807) is 31.4 Å². The third kappa shape index (κ3) is 5.90. The number of carbonyl (C=O) groups is 2. The Labute approximate surface area is 179 Å². The predicted molar refractivity (Wildman–Crippen MR) is 115 cm³/mol. The monoisotopic (exact) mass is 425 g/mol. The summed E-state index contributed by atoms with van der Waals surface area (Å²) in [7, 11) is 1.62. The second-order valence-corrected chi connectivity index (χ2v) is 7.28. The first-order chi connectivity index (χ1) is 14.6. The molecule has 0 spiro atoms. The average Bonchev–Trinajstić information content (AvgIpc) is 3.26. The van der Waals surface area contributed by atoms with E-state index in [9.17, 15) is 9.59 Å². The second kappa shape index (κ2) is 10.5. The molecule has 0 aliphatic heterocycles. The van der Waals surface area contributed by atoms with E-state index >= 15 is 0 Å². The Morgan fingerprint density at radius 2 is 1.83 bits per heavy atom. The van der Waals surface area contributed by atoms with E-state index < -0.39 is 5.97 Å². The molecule has 1 aromatic heterocycles. The molecule has 0 bridgehead atoms. The van der Waals surface area contributed by atoms with E-state index in [0.29, 0.717) is 23.6 Å². The van der Waals surface area contributed by atoms with Crippen LogP contribution in [0.25, 0.3) is 10.6 Å². The summed E-state index contributed by atoms with van der Waals surface area (Å²) in [5.74, 6) is 0.937. The van der Waals surface area contributed by atoms with Crippen LogP contribution in [-0.2, 0) is 16.1 Å². The molecule has 0 radical (unpaired) electrons. The summed E-state index contributed by atoms with van der Waals surface area (Å²) in [5, 5.41) is 2.68. The Bertz CT molecular complexity index is 997. The highest BCUT2D eigenvalue weighted by atomic mass is 32.1. The lowest BCUT2D eigenvalue weighted by Crippen LogP contribution is -2.08. The van der Waals surface area contributed by atoms with Gasteiger partial charge >= 0.3 is 5.97 Å². The molecule has 0 aliphatic carbocycles. The Balaban J connectivity index is 1.46. The molecule has 3 aromatic rings. The second-order valence-electron chi connectivity index (χ2n) is 6.42. The zero-order valence-electron chi connectivity index (χ0n) is 16.9. The number of rotatable bonds is 10. The van der Waals surface area contributed by atoms with Crippen LogP contribution in [0.1, 0.15) is 35.8 Å². The van der Waals surface area contributed by atoms with Crippen LogP contribution in [-0.4, -0.2) is 30.5 Å². The van der Waals surface area contributed by atoms with Gasteiger partial charge in [-0.25, -0.2) is 4.98 Å². The fraction of sp³-hybridized carbons (Fsp3) is 0.261. The molecule has 156 valence electrons. The number of hydrogen-bond donors (Lipinski definition) is 0. The van der Waals surface area contributed by atoms with E-state index in [1.165, 1.54) is 11.3 Å². The van der Waals surface area contributed by atoms with E-state index in [-0.39, 0.29) is 25.2 Å². The maximum Gasteiger partial charge on any atom is 0.306 e. The minimum absolute atomic E-state index is 0.0267. The molecule has 0 amide bonds. The SMILES string of the molecule is CCOc1ccc(C(=O)CCC(=O)OCc2csc(-c3cccc(OC)c3)n2)cc1. The number of aromatic nitrogens is 1. The molecule has 0 saturated heterocycles. The van der Waals surface area contributed by atoms with Crippen molar-refractivity contribution in [3.63, 3.8) is 0 Å². The molecule has 0 atom stereocenters. The molecule has 2 aromatic carbocycles. The fourth-order valence-corrected chi connectivity index (χ4v) is 3.55. The maximum atomic E-state index is 12.2. The summed E-state index contributed by atoms with van der Waals surface area (Å²) in [6, 6.07) is 14.5. The third-order valence-corrected chi connectivity index (χ3v) is 5.23. The van der Waals surface area contributed by atoms with Gasteiger partial charge in [-0.3, -0.25) is 9.59 Å². The molecule has 7 heteroatoms. The minimum atomic E-state index is -0.426. The molecule has 0 unspecified atom stereocenters. The van der Waals surface area contributed by atoms with Crippen molar-refractivity contribution in [1.29, 1.82) is 0 Å². The predicted octanol–water partition coefficient (Wildman–Crippen LogP) is 4.92. The first kappa shape index (κ1) is 21.5. The van der Waals surface area contributed by atoms with Gasteiger partial charge in [-0.15, -0.1) is 11.3 Å². The van der Waals surface area contributed by atoms with E-state index in [4.69, 9.17) is 14.2 Å². The van der Waals surface area contributed by atoms with E-state index in [1.807, 2.05) is 36.6 Å². The van der Waals surface area contributed by atoms with Crippen LogP contribution in [0.15, 0.2) is 53.9 Å². The molecular formula is C23H23NO5S. The van der Waals surface area contributed by atoms with Gasteiger partial charge in [0.05, 0.1) is 25.8 Å². The van der Waals surface area contributed by atoms with Crippen LogP contribution in [0.4, 0.5) is 0 Å². The number of esters is 1. The van der Waals surface area contributed by atoms with Crippen molar-refractivity contribution in [1.82, 2.24) is 4.98 Å². The van der Waals surface area contributed by atoms with Crippen LogP contribution in [0.5, 0.6) is 11.5 Å². The van der Waals surface area contributed by atoms with Crippen molar-refractivity contribution in [3.8, 4) is 22.1 Å². The molecule has 0 N–H and O–H groups in total. The van der Waals surface area contributed by atoms with Gasteiger partial charge in [0.2, 0.25) is 0 Å². The normalized spacial score (nSPS) is 10.5. The van der Waals surface area contributed by atoms with Gasteiger partial charge in [-0.1, -0.05) is 12.1 Å². The van der Waals surface area contributed by atoms with Gasteiger partial charge < -0.3 is 14.2 Å². The molecule has 0 saturated carbocycles. The number of carbonyl (C=O) groups excluding carboxylic acids is 2. The summed E-state index contributed by atoms with van der Waals surface area (Å²) in [6.45, 7) is 2.55. The lowest BCUT2D eigenvalue weighted by atomic mass is 10.1.